The molecule has 0 radical (unpaired) electrons. The van der Waals surface area contributed by atoms with Crippen LogP contribution in [0, 0.1) is 29.5 Å². The molecule has 2 heterocycles. The van der Waals surface area contributed by atoms with Gasteiger partial charge in [0.1, 0.15) is 23.1 Å². The Morgan fingerprint density at radius 3 is 2.22 bits per heavy atom. The molecule has 4 aromatic carbocycles. The van der Waals surface area contributed by atoms with Gasteiger partial charge in [0.25, 0.3) is 11.8 Å². The third kappa shape index (κ3) is 5.41. The fourth-order valence-electron chi connectivity index (χ4n) is 9.23. The summed E-state index contributed by atoms with van der Waals surface area (Å²) in [5, 5.41) is 13.2. The third-order valence-electron chi connectivity index (χ3n) is 11.6. The van der Waals surface area contributed by atoms with Gasteiger partial charge >= 0.3 is 0 Å². The minimum atomic E-state index is -1.74. The number of anilines is 2. The molecule has 11 nitrogen and oxygen atoms in total. The van der Waals surface area contributed by atoms with E-state index in [4.69, 9.17) is 21.1 Å². The van der Waals surface area contributed by atoms with Gasteiger partial charge in [0, 0.05) is 34.2 Å². The van der Waals surface area contributed by atoms with Crippen molar-refractivity contribution in [3.63, 3.8) is 0 Å². The molecule has 0 spiro atoms. The van der Waals surface area contributed by atoms with Crippen LogP contribution >= 0.6 is 11.6 Å². The fourth-order valence-corrected chi connectivity index (χ4v) is 9.36. The first-order valence-corrected chi connectivity index (χ1v) is 18.1. The summed E-state index contributed by atoms with van der Waals surface area (Å²) >= 11 is 6.37. The molecule has 2 N–H and O–H groups in total. The van der Waals surface area contributed by atoms with E-state index in [1.807, 2.05) is 6.08 Å². The maximum absolute atomic E-state index is 15.4. The molecule has 6 unspecified atom stereocenters. The van der Waals surface area contributed by atoms with Gasteiger partial charge in [-0.15, -0.1) is 0 Å². The van der Waals surface area contributed by atoms with Crippen molar-refractivity contribution in [3.05, 3.63) is 124 Å². The average molecular weight is 764 g/mol. The Bertz CT molecular complexity index is 2310. The number of carbonyl (C=O) groups is 5. The van der Waals surface area contributed by atoms with Crippen molar-refractivity contribution < 1.29 is 42.9 Å². The quantitative estimate of drug-likeness (QED) is 0.115. The van der Waals surface area contributed by atoms with Gasteiger partial charge in [-0.25, -0.2) is 4.39 Å². The van der Waals surface area contributed by atoms with E-state index in [1.165, 1.54) is 51.5 Å². The topological polar surface area (TPSA) is 143 Å². The Balaban J connectivity index is 1.34. The predicted molar refractivity (Wildman–Crippen MR) is 199 cm³/mol. The van der Waals surface area contributed by atoms with Crippen molar-refractivity contribution in [1.29, 1.82) is 0 Å². The number of phenols is 1. The van der Waals surface area contributed by atoms with Gasteiger partial charge in [-0.3, -0.25) is 34.3 Å². The number of hydrogen-bond donors (Lipinski definition) is 2. The van der Waals surface area contributed by atoms with E-state index in [1.54, 1.807) is 54.6 Å². The molecule has 2 aliphatic carbocycles. The Hall–Kier alpha value is -6.01. The molecular formula is C42H35ClFN3O8. The normalized spacial score (nSPS) is 25.6. The van der Waals surface area contributed by atoms with Crippen LogP contribution in [-0.4, -0.2) is 53.7 Å². The van der Waals surface area contributed by atoms with Crippen molar-refractivity contribution >= 4 is 52.4 Å². The molecule has 0 bridgehead atoms. The van der Waals surface area contributed by atoms with Crippen molar-refractivity contribution in [3.8, 4) is 17.2 Å². The molecule has 6 atom stereocenters. The van der Waals surface area contributed by atoms with Crippen LogP contribution in [0.1, 0.15) is 47.2 Å². The number of carbonyl (C=O) groups excluding carboxylic acids is 5. The number of nitrogens with zero attached hydrogens (tertiary/aromatic N) is 2. The van der Waals surface area contributed by atoms with E-state index in [-0.39, 0.29) is 47.1 Å². The van der Waals surface area contributed by atoms with Gasteiger partial charge in [0.05, 0.1) is 48.8 Å². The van der Waals surface area contributed by atoms with E-state index in [0.29, 0.717) is 27.4 Å². The molecule has 3 fully saturated rings. The molecule has 2 saturated heterocycles. The van der Waals surface area contributed by atoms with Gasteiger partial charge in [0.15, 0.2) is 5.78 Å². The first-order valence-electron chi connectivity index (χ1n) is 17.7. The lowest BCUT2D eigenvalue weighted by molar-refractivity contribution is -0.138. The molecule has 2 aliphatic heterocycles. The van der Waals surface area contributed by atoms with Gasteiger partial charge in [-0.05, 0) is 91.9 Å². The summed E-state index contributed by atoms with van der Waals surface area (Å²) < 4.78 is 25.2. The van der Waals surface area contributed by atoms with Crippen molar-refractivity contribution in [2.24, 2.45) is 23.7 Å². The zero-order valence-corrected chi connectivity index (χ0v) is 30.7. The second-order valence-corrected chi connectivity index (χ2v) is 14.7. The number of benzene rings is 4. The smallest absolute Gasteiger partial charge is 0.260 e. The maximum atomic E-state index is 15.4. The highest BCUT2D eigenvalue weighted by atomic mass is 35.5. The number of halogens is 2. The fraction of sp³-hybridized carbons (Fsp3) is 0.262. The Kier molecular flexibility index (Phi) is 8.76. The zero-order valence-electron chi connectivity index (χ0n) is 29.9. The van der Waals surface area contributed by atoms with E-state index >= 15 is 4.79 Å². The number of ether oxygens (including phenoxy) is 2. The van der Waals surface area contributed by atoms with Crippen LogP contribution in [0.25, 0.3) is 0 Å². The summed E-state index contributed by atoms with van der Waals surface area (Å²) in [7, 11) is 2.84. The second-order valence-electron chi connectivity index (χ2n) is 14.3. The summed E-state index contributed by atoms with van der Waals surface area (Å²) in [6.07, 6.45) is 1.99. The number of ketones is 1. The predicted octanol–water partition coefficient (Wildman–Crippen LogP) is 6.59. The number of fused-ring (bicyclic) bond motifs is 4. The van der Waals surface area contributed by atoms with Crippen LogP contribution in [0.4, 0.5) is 15.8 Å². The number of nitrogens with one attached hydrogen (secondary N) is 1. The van der Waals surface area contributed by atoms with Crippen LogP contribution in [0.2, 0.25) is 5.02 Å². The SMILES string of the molecule is COc1cc(O)c(C2C3=CCC4C(=O)N(c5ccc(C(C)=O)cc5)C(=O)C4C3CC3C(=O)N(Nc4ccc(F)cc4)C(=O)C32c2ccc(Cl)cc2)c(OC)c1. The summed E-state index contributed by atoms with van der Waals surface area (Å²) in [6, 6.07) is 21.0. The van der Waals surface area contributed by atoms with E-state index in [0.717, 1.165) is 9.91 Å². The number of phenolic OH excluding ortho intramolecular Hbond substituents is 1. The minimum Gasteiger partial charge on any atom is -0.507 e. The standard InChI is InChI=1S/C42H35ClFN3O8/c1-21(48)22-4-14-27(15-5-22)46-38(50)30-17-16-29-31(35(30)40(46)52)20-32-39(51)47(45-26-12-10-25(44)11-13-26)41(53)42(32,23-6-8-24(43)9-7-23)37(29)36-33(49)18-28(54-2)19-34(36)55-3/h4-16,18-19,30-32,35,37,45,49H,17,20H2,1-3H3. The molecule has 13 heteroatoms. The van der Waals surface area contributed by atoms with Gasteiger partial charge in [0.2, 0.25) is 11.8 Å². The maximum Gasteiger partial charge on any atom is 0.260 e. The van der Waals surface area contributed by atoms with E-state index in [9.17, 15) is 28.7 Å². The summed E-state index contributed by atoms with van der Waals surface area (Å²) in [4.78, 5) is 72.1. The molecule has 55 heavy (non-hydrogen) atoms. The molecule has 4 aliphatic rings. The number of Topliss-reactive ketones (excluding diaryl/α,β-unsaturated/α-hetero) is 1. The molecule has 0 aromatic heterocycles. The van der Waals surface area contributed by atoms with Gasteiger partial charge < -0.3 is 14.6 Å². The van der Waals surface area contributed by atoms with Crippen LogP contribution in [0.3, 0.4) is 0 Å². The molecular weight excluding hydrogens is 729 g/mol. The summed E-state index contributed by atoms with van der Waals surface area (Å²) in [6.45, 7) is 1.42. The van der Waals surface area contributed by atoms with Crippen LogP contribution in [0.5, 0.6) is 17.2 Å². The minimum absolute atomic E-state index is 0.00629. The Labute approximate surface area is 320 Å². The highest BCUT2D eigenvalue weighted by Gasteiger charge is 2.71. The lowest BCUT2D eigenvalue weighted by Gasteiger charge is -2.50. The first kappa shape index (κ1) is 36.0. The lowest BCUT2D eigenvalue weighted by atomic mass is 9.49. The molecule has 8 rings (SSSR count). The number of allylic oxidation sites excluding steroid dienone is 2. The number of hydrogen-bond acceptors (Lipinski definition) is 9. The number of imide groups is 2. The highest BCUT2D eigenvalue weighted by Crippen LogP contribution is 2.66. The first-order chi connectivity index (χ1) is 26.4. The monoisotopic (exact) mass is 763 g/mol. The molecule has 4 amide bonds. The van der Waals surface area contributed by atoms with Crippen molar-refractivity contribution in [2.45, 2.75) is 31.1 Å². The van der Waals surface area contributed by atoms with Crippen molar-refractivity contribution in [1.82, 2.24) is 5.01 Å². The van der Waals surface area contributed by atoms with Gasteiger partial charge in [-0.1, -0.05) is 35.4 Å². The van der Waals surface area contributed by atoms with E-state index in [2.05, 4.69) is 5.43 Å². The highest BCUT2D eigenvalue weighted by molar-refractivity contribution is 6.30. The number of methoxy groups -OCH3 is 2. The Morgan fingerprint density at radius 1 is 0.891 bits per heavy atom. The molecule has 280 valence electrons. The van der Waals surface area contributed by atoms with Crippen LogP contribution in [0.15, 0.2) is 96.6 Å². The van der Waals surface area contributed by atoms with Crippen molar-refractivity contribution in [2.75, 3.05) is 24.5 Å². The number of hydrazine groups is 1. The summed E-state index contributed by atoms with van der Waals surface area (Å²) in [5.41, 5.74) is 3.38. The number of rotatable bonds is 8. The summed E-state index contributed by atoms with van der Waals surface area (Å²) in [5.74, 6) is -7.33. The average Bonchev–Trinajstić information content (AvgIpc) is 3.56. The zero-order chi connectivity index (χ0) is 38.9. The van der Waals surface area contributed by atoms with Gasteiger partial charge in [-0.2, -0.15) is 5.01 Å². The Morgan fingerprint density at radius 2 is 1.58 bits per heavy atom. The second kappa shape index (κ2) is 13.4. The van der Waals surface area contributed by atoms with Crippen LogP contribution in [-0.2, 0) is 24.6 Å². The molecule has 4 aromatic rings. The van der Waals surface area contributed by atoms with E-state index < -0.39 is 64.5 Å². The van der Waals surface area contributed by atoms with Crippen LogP contribution < -0.4 is 19.8 Å². The number of aromatic hydroxyl groups is 1. The largest absolute Gasteiger partial charge is 0.507 e. The number of amides is 4. The molecule has 1 saturated carbocycles. The lowest BCUT2D eigenvalue weighted by Crippen LogP contribution is -2.53. The third-order valence-corrected chi connectivity index (χ3v) is 11.9.